The van der Waals surface area contributed by atoms with Gasteiger partial charge in [-0.15, -0.1) is 11.8 Å². The van der Waals surface area contributed by atoms with Crippen LogP contribution in [0.2, 0.25) is 5.02 Å². The average Bonchev–Trinajstić information content (AvgIpc) is 3.40. The lowest BCUT2D eigenvalue weighted by molar-refractivity contribution is 0.0915. The lowest BCUT2D eigenvalue weighted by Crippen LogP contribution is -2.37. The third-order valence-corrected chi connectivity index (χ3v) is 7.48. The highest BCUT2D eigenvalue weighted by atomic mass is 35.5. The zero-order valence-corrected chi connectivity index (χ0v) is 18.9. The molecule has 1 fully saturated rings. The fraction of sp³-hybridized carbons (Fsp3) is 0.364. The lowest BCUT2D eigenvalue weighted by Gasteiger charge is -2.24. The topological polar surface area (TPSA) is 42.4 Å². The van der Waals surface area contributed by atoms with E-state index in [1.54, 1.807) is 16.7 Å². The van der Waals surface area contributed by atoms with Gasteiger partial charge in [0.15, 0.2) is 5.13 Å². The molecule has 1 unspecified atom stereocenters. The quantitative estimate of drug-likeness (QED) is 0.423. The number of hydrogen-bond donors (Lipinski definition) is 0. The summed E-state index contributed by atoms with van der Waals surface area (Å²) < 4.78 is 6.76. The van der Waals surface area contributed by atoms with Crippen molar-refractivity contribution in [3.8, 4) is 0 Å². The monoisotopic (exact) mass is 446 g/mol. The molecular weight excluding hydrogens is 424 g/mol. The van der Waals surface area contributed by atoms with E-state index >= 15 is 0 Å². The van der Waals surface area contributed by atoms with Gasteiger partial charge in [0.2, 0.25) is 0 Å². The standard InChI is InChI=1S/C22H23ClN2O2S2/c1-3-28-18-9-5-4-8-16(18)21(26)25(13-15-7-6-12-27-15)22-24-19-14(2)10-11-17(23)20(19)29-22/h4-5,8-11,15H,3,6-7,12-13H2,1-2H3. The average molecular weight is 447 g/mol. The smallest absolute Gasteiger partial charge is 0.261 e. The normalized spacial score (nSPS) is 16.4. The third-order valence-electron chi connectivity index (χ3n) is 4.99. The maximum atomic E-state index is 13.7. The van der Waals surface area contributed by atoms with E-state index in [1.807, 2.05) is 43.3 Å². The highest BCUT2D eigenvalue weighted by Crippen LogP contribution is 2.37. The molecule has 7 heteroatoms. The summed E-state index contributed by atoms with van der Waals surface area (Å²) in [6.07, 6.45) is 2.02. The number of carbonyl (C=O) groups is 1. The molecule has 0 spiro atoms. The SMILES string of the molecule is CCSc1ccccc1C(=O)N(CC1CCCO1)c1nc2c(C)ccc(Cl)c2s1. The van der Waals surface area contributed by atoms with Crippen molar-refractivity contribution in [2.24, 2.45) is 0 Å². The zero-order valence-electron chi connectivity index (χ0n) is 16.5. The van der Waals surface area contributed by atoms with Crippen molar-refractivity contribution in [2.75, 3.05) is 23.8 Å². The number of carbonyl (C=O) groups excluding carboxylic acids is 1. The Labute approximate surface area is 184 Å². The molecule has 0 bridgehead atoms. The summed E-state index contributed by atoms with van der Waals surface area (Å²) in [7, 11) is 0. The first-order valence-electron chi connectivity index (χ1n) is 9.79. The number of anilines is 1. The first-order valence-corrected chi connectivity index (χ1v) is 12.0. The maximum absolute atomic E-state index is 13.7. The van der Waals surface area contributed by atoms with E-state index in [0.29, 0.717) is 22.3 Å². The summed E-state index contributed by atoms with van der Waals surface area (Å²) in [6, 6.07) is 11.6. The van der Waals surface area contributed by atoms with Crippen LogP contribution >= 0.6 is 34.7 Å². The van der Waals surface area contributed by atoms with Gasteiger partial charge in [0.1, 0.15) is 0 Å². The van der Waals surface area contributed by atoms with Gasteiger partial charge in [-0.25, -0.2) is 4.98 Å². The molecule has 4 rings (SSSR count). The van der Waals surface area contributed by atoms with Crippen LogP contribution in [0.5, 0.6) is 0 Å². The van der Waals surface area contributed by atoms with Crippen LogP contribution in [0.15, 0.2) is 41.3 Å². The number of aromatic nitrogens is 1. The number of fused-ring (bicyclic) bond motifs is 1. The first-order chi connectivity index (χ1) is 14.1. The maximum Gasteiger partial charge on any atom is 0.261 e. The summed E-state index contributed by atoms with van der Waals surface area (Å²) in [4.78, 5) is 21.3. The molecule has 1 amide bonds. The van der Waals surface area contributed by atoms with Gasteiger partial charge in [0, 0.05) is 11.5 Å². The van der Waals surface area contributed by atoms with Crippen molar-refractivity contribution in [1.29, 1.82) is 0 Å². The predicted molar refractivity (Wildman–Crippen MR) is 123 cm³/mol. The minimum Gasteiger partial charge on any atom is -0.376 e. The molecule has 3 aromatic rings. The van der Waals surface area contributed by atoms with E-state index in [0.717, 1.165) is 45.9 Å². The van der Waals surface area contributed by atoms with Crippen LogP contribution in [0.1, 0.15) is 35.7 Å². The Bertz CT molecular complexity index is 992. The van der Waals surface area contributed by atoms with Crippen molar-refractivity contribution in [3.05, 3.63) is 52.5 Å². The largest absolute Gasteiger partial charge is 0.376 e. The summed E-state index contributed by atoms with van der Waals surface area (Å²) >= 11 is 9.57. The molecule has 0 saturated carbocycles. The fourth-order valence-electron chi connectivity index (χ4n) is 3.52. The van der Waals surface area contributed by atoms with Crippen molar-refractivity contribution < 1.29 is 9.53 Å². The van der Waals surface area contributed by atoms with Crippen LogP contribution in [0, 0.1) is 6.92 Å². The second kappa shape index (κ2) is 9.04. The van der Waals surface area contributed by atoms with Gasteiger partial charge in [0.05, 0.1) is 33.5 Å². The van der Waals surface area contributed by atoms with Crippen molar-refractivity contribution in [3.63, 3.8) is 0 Å². The van der Waals surface area contributed by atoms with Crippen LogP contribution in [0.25, 0.3) is 10.2 Å². The second-order valence-electron chi connectivity index (χ2n) is 7.02. The number of ether oxygens (including phenoxy) is 1. The van der Waals surface area contributed by atoms with Gasteiger partial charge >= 0.3 is 0 Å². The highest BCUT2D eigenvalue weighted by Gasteiger charge is 2.28. The number of benzene rings is 2. The summed E-state index contributed by atoms with van der Waals surface area (Å²) in [5, 5.41) is 1.34. The first kappa shape index (κ1) is 20.7. The molecule has 1 aliphatic heterocycles. The van der Waals surface area contributed by atoms with E-state index in [2.05, 4.69) is 6.92 Å². The number of rotatable bonds is 6. The molecule has 152 valence electrons. The van der Waals surface area contributed by atoms with E-state index in [4.69, 9.17) is 21.3 Å². The van der Waals surface area contributed by atoms with Gasteiger partial charge in [-0.1, -0.05) is 48.1 Å². The van der Waals surface area contributed by atoms with E-state index in [1.165, 1.54) is 11.3 Å². The van der Waals surface area contributed by atoms with E-state index < -0.39 is 0 Å². The van der Waals surface area contributed by atoms with Crippen LogP contribution < -0.4 is 4.90 Å². The molecule has 1 aliphatic rings. The molecule has 1 atom stereocenters. The Morgan fingerprint density at radius 3 is 2.90 bits per heavy atom. The highest BCUT2D eigenvalue weighted by molar-refractivity contribution is 7.99. The lowest BCUT2D eigenvalue weighted by atomic mass is 10.1. The summed E-state index contributed by atoms with van der Waals surface area (Å²) in [6.45, 7) is 5.36. The molecule has 1 saturated heterocycles. The molecule has 0 aliphatic carbocycles. The number of hydrogen-bond acceptors (Lipinski definition) is 5. The Kier molecular flexibility index (Phi) is 6.44. The van der Waals surface area contributed by atoms with E-state index in [9.17, 15) is 4.79 Å². The Hall–Kier alpha value is -1.60. The second-order valence-corrected chi connectivity index (χ2v) is 9.71. The summed E-state index contributed by atoms with van der Waals surface area (Å²) in [5.74, 6) is 0.872. The predicted octanol–water partition coefficient (Wildman–Crippen LogP) is 6.20. The molecule has 2 heterocycles. The molecule has 4 nitrogen and oxygen atoms in total. The molecular formula is C22H23ClN2O2S2. The van der Waals surface area contributed by atoms with Gasteiger partial charge < -0.3 is 4.74 Å². The van der Waals surface area contributed by atoms with Crippen LogP contribution in [-0.4, -0.2) is 35.9 Å². The van der Waals surface area contributed by atoms with Gasteiger partial charge in [-0.2, -0.15) is 0 Å². The number of amides is 1. The number of thiazole rings is 1. The van der Waals surface area contributed by atoms with Crippen LogP contribution in [0.4, 0.5) is 5.13 Å². The number of thioether (sulfide) groups is 1. The Balaban J connectivity index is 1.77. The van der Waals surface area contributed by atoms with Crippen LogP contribution in [0.3, 0.4) is 0 Å². The van der Waals surface area contributed by atoms with E-state index in [-0.39, 0.29) is 12.0 Å². The summed E-state index contributed by atoms with van der Waals surface area (Å²) in [5.41, 5.74) is 2.62. The molecule has 0 N–H and O–H groups in total. The molecule has 0 radical (unpaired) electrons. The van der Waals surface area contributed by atoms with Gasteiger partial charge in [-0.05, 0) is 49.3 Å². The Morgan fingerprint density at radius 2 is 2.17 bits per heavy atom. The minimum absolute atomic E-state index is 0.0357. The number of aryl methyl sites for hydroxylation is 1. The zero-order chi connectivity index (χ0) is 20.4. The fourth-order valence-corrected chi connectivity index (χ4v) is 5.64. The molecule has 1 aromatic heterocycles. The molecule has 29 heavy (non-hydrogen) atoms. The third kappa shape index (κ3) is 4.31. The van der Waals surface area contributed by atoms with Crippen molar-refractivity contribution >= 4 is 56.0 Å². The van der Waals surface area contributed by atoms with Crippen molar-refractivity contribution in [1.82, 2.24) is 4.98 Å². The van der Waals surface area contributed by atoms with Crippen molar-refractivity contribution in [2.45, 2.75) is 37.7 Å². The van der Waals surface area contributed by atoms with Gasteiger partial charge in [0.25, 0.3) is 5.91 Å². The number of halogens is 1. The van der Waals surface area contributed by atoms with Crippen LogP contribution in [-0.2, 0) is 4.74 Å². The molecule has 2 aromatic carbocycles. The number of nitrogens with zero attached hydrogens (tertiary/aromatic N) is 2. The minimum atomic E-state index is -0.0371. The Morgan fingerprint density at radius 1 is 1.34 bits per heavy atom. The van der Waals surface area contributed by atoms with Gasteiger partial charge in [-0.3, -0.25) is 9.69 Å².